The molecule has 0 spiro atoms. The van der Waals surface area contributed by atoms with Crippen LogP contribution in [0, 0.1) is 13.8 Å². The predicted octanol–water partition coefficient (Wildman–Crippen LogP) is 5.00. The summed E-state index contributed by atoms with van der Waals surface area (Å²) in [6.45, 7) is 6.43. The Morgan fingerprint density at radius 1 is 1.10 bits per heavy atom. The lowest BCUT2D eigenvalue weighted by atomic mass is 10.1. The van der Waals surface area contributed by atoms with Crippen LogP contribution in [0.1, 0.15) is 35.5 Å². The number of para-hydroxylation sites is 1. The molecule has 3 rings (SSSR count). The van der Waals surface area contributed by atoms with Crippen molar-refractivity contribution in [1.82, 2.24) is 9.55 Å². The van der Waals surface area contributed by atoms with E-state index >= 15 is 0 Å². The Bertz CT molecular complexity index is 772. The summed E-state index contributed by atoms with van der Waals surface area (Å²) in [6.07, 6.45) is 0. The molecule has 0 bridgehead atoms. The average molecular weight is 299 g/mol. The van der Waals surface area contributed by atoms with Gasteiger partial charge in [-0.2, -0.15) is 0 Å². The first kappa shape index (κ1) is 14.2. The van der Waals surface area contributed by atoms with Gasteiger partial charge < -0.3 is 4.57 Å². The molecule has 1 unspecified atom stereocenters. The lowest BCUT2D eigenvalue weighted by molar-refractivity contribution is 0.633. The lowest BCUT2D eigenvalue weighted by Crippen LogP contribution is -2.10. The van der Waals surface area contributed by atoms with Gasteiger partial charge >= 0.3 is 0 Å². The van der Waals surface area contributed by atoms with Crippen LogP contribution in [-0.4, -0.2) is 9.55 Å². The number of imidazole rings is 1. The molecule has 0 aliphatic heterocycles. The Hall–Kier alpha value is -1.80. The standard InChI is InChI=1S/C18H19ClN2/c1-12-7-9-15(10-8-12)14(3)21-17(11-19)20-16-6-4-5-13(2)18(16)21/h4-10,14H,11H2,1-3H3. The van der Waals surface area contributed by atoms with E-state index in [1.807, 2.05) is 6.07 Å². The molecule has 0 amide bonds. The molecule has 1 aromatic heterocycles. The minimum absolute atomic E-state index is 0.213. The van der Waals surface area contributed by atoms with Gasteiger partial charge in [0.2, 0.25) is 0 Å². The number of hydrogen-bond acceptors (Lipinski definition) is 1. The van der Waals surface area contributed by atoms with E-state index in [0.29, 0.717) is 5.88 Å². The maximum atomic E-state index is 6.13. The molecule has 3 heteroatoms. The van der Waals surface area contributed by atoms with E-state index in [1.54, 1.807) is 0 Å². The summed E-state index contributed by atoms with van der Waals surface area (Å²) >= 11 is 6.13. The largest absolute Gasteiger partial charge is 0.319 e. The molecular formula is C18H19ClN2. The monoisotopic (exact) mass is 298 g/mol. The van der Waals surface area contributed by atoms with E-state index in [9.17, 15) is 0 Å². The molecule has 0 aliphatic carbocycles. The number of fused-ring (bicyclic) bond motifs is 1. The van der Waals surface area contributed by atoms with Crippen molar-refractivity contribution in [3.8, 4) is 0 Å². The van der Waals surface area contributed by atoms with Gasteiger partial charge in [0.05, 0.1) is 23.0 Å². The van der Waals surface area contributed by atoms with E-state index in [0.717, 1.165) is 11.3 Å². The van der Waals surface area contributed by atoms with Crippen molar-refractivity contribution in [2.45, 2.75) is 32.7 Å². The van der Waals surface area contributed by atoms with Crippen molar-refractivity contribution in [1.29, 1.82) is 0 Å². The van der Waals surface area contributed by atoms with Crippen LogP contribution < -0.4 is 0 Å². The lowest BCUT2D eigenvalue weighted by Gasteiger charge is -2.18. The fraction of sp³-hybridized carbons (Fsp3) is 0.278. The van der Waals surface area contributed by atoms with Gasteiger partial charge in [0.15, 0.2) is 0 Å². The van der Waals surface area contributed by atoms with Crippen LogP contribution in [0.2, 0.25) is 0 Å². The molecule has 0 saturated heterocycles. The van der Waals surface area contributed by atoms with Crippen molar-refractivity contribution in [2.75, 3.05) is 0 Å². The number of benzene rings is 2. The summed E-state index contributed by atoms with van der Waals surface area (Å²) in [7, 11) is 0. The molecule has 108 valence electrons. The fourth-order valence-corrected chi connectivity index (χ4v) is 3.06. The van der Waals surface area contributed by atoms with Crippen LogP contribution in [0.5, 0.6) is 0 Å². The van der Waals surface area contributed by atoms with Crippen LogP contribution in [-0.2, 0) is 5.88 Å². The van der Waals surface area contributed by atoms with Gasteiger partial charge in [0, 0.05) is 0 Å². The van der Waals surface area contributed by atoms with E-state index in [2.05, 4.69) is 66.7 Å². The number of nitrogens with zero attached hydrogens (tertiary/aromatic N) is 2. The summed E-state index contributed by atoms with van der Waals surface area (Å²) in [4.78, 5) is 4.69. The Kier molecular flexibility index (Phi) is 3.73. The Morgan fingerprint density at radius 3 is 2.48 bits per heavy atom. The smallest absolute Gasteiger partial charge is 0.125 e. The number of aromatic nitrogens is 2. The van der Waals surface area contributed by atoms with E-state index in [4.69, 9.17) is 11.6 Å². The van der Waals surface area contributed by atoms with Crippen LogP contribution in [0.25, 0.3) is 11.0 Å². The molecular weight excluding hydrogens is 280 g/mol. The van der Waals surface area contributed by atoms with Crippen molar-refractivity contribution in [2.24, 2.45) is 0 Å². The summed E-state index contributed by atoms with van der Waals surface area (Å²) in [6, 6.07) is 15.1. The third kappa shape index (κ3) is 2.44. The van der Waals surface area contributed by atoms with Crippen molar-refractivity contribution >= 4 is 22.6 Å². The number of halogens is 1. The van der Waals surface area contributed by atoms with Gasteiger partial charge in [-0.3, -0.25) is 0 Å². The van der Waals surface area contributed by atoms with Crippen LogP contribution in [0.3, 0.4) is 0 Å². The SMILES string of the molecule is Cc1ccc(C(C)n2c(CCl)nc3cccc(C)c32)cc1. The second kappa shape index (κ2) is 5.53. The molecule has 0 radical (unpaired) electrons. The van der Waals surface area contributed by atoms with Gasteiger partial charge in [-0.1, -0.05) is 42.0 Å². The maximum Gasteiger partial charge on any atom is 0.125 e. The summed E-state index contributed by atoms with van der Waals surface area (Å²) in [5.41, 5.74) is 5.98. The van der Waals surface area contributed by atoms with Gasteiger partial charge in [-0.05, 0) is 38.0 Å². The predicted molar refractivity (Wildman–Crippen MR) is 89.0 cm³/mol. The Morgan fingerprint density at radius 2 is 1.81 bits per heavy atom. The molecule has 1 heterocycles. The number of alkyl halides is 1. The molecule has 3 aromatic rings. The molecule has 0 aliphatic rings. The highest BCUT2D eigenvalue weighted by Crippen LogP contribution is 2.28. The summed E-state index contributed by atoms with van der Waals surface area (Å²) in [5.74, 6) is 1.35. The van der Waals surface area contributed by atoms with Gasteiger partial charge in [0.1, 0.15) is 5.82 Å². The molecule has 2 nitrogen and oxygen atoms in total. The maximum absolute atomic E-state index is 6.13. The van der Waals surface area contributed by atoms with E-state index in [-0.39, 0.29) is 6.04 Å². The van der Waals surface area contributed by atoms with Gasteiger partial charge in [-0.25, -0.2) is 4.98 Å². The number of hydrogen-bond donors (Lipinski definition) is 0. The molecule has 0 N–H and O–H groups in total. The Balaban J connectivity index is 2.20. The quantitative estimate of drug-likeness (QED) is 0.622. The number of rotatable bonds is 3. The zero-order valence-corrected chi connectivity index (χ0v) is 13.4. The Labute approximate surface area is 130 Å². The zero-order valence-electron chi connectivity index (χ0n) is 12.6. The molecule has 0 saturated carbocycles. The third-order valence-electron chi connectivity index (χ3n) is 4.05. The van der Waals surface area contributed by atoms with Gasteiger partial charge in [-0.15, -0.1) is 11.6 Å². The van der Waals surface area contributed by atoms with Crippen molar-refractivity contribution in [3.05, 3.63) is 65.0 Å². The summed E-state index contributed by atoms with van der Waals surface area (Å²) in [5, 5.41) is 0. The topological polar surface area (TPSA) is 17.8 Å². The second-order valence-corrected chi connectivity index (χ2v) is 5.83. The van der Waals surface area contributed by atoms with Crippen LogP contribution in [0.4, 0.5) is 0 Å². The summed E-state index contributed by atoms with van der Waals surface area (Å²) < 4.78 is 2.27. The fourth-order valence-electron chi connectivity index (χ4n) is 2.87. The first-order valence-electron chi connectivity index (χ1n) is 7.20. The third-order valence-corrected chi connectivity index (χ3v) is 4.29. The van der Waals surface area contributed by atoms with Crippen LogP contribution >= 0.6 is 11.6 Å². The highest BCUT2D eigenvalue weighted by molar-refractivity contribution is 6.16. The first-order valence-corrected chi connectivity index (χ1v) is 7.74. The minimum Gasteiger partial charge on any atom is -0.319 e. The zero-order chi connectivity index (χ0) is 15.0. The molecule has 0 fully saturated rings. The first-order chi connectivity index (χ1) is 10.1. The minimum atomic E-state index is 0.213. The van der Waals surface area contributed by atoms with E-state index < -0.39 is 0 Å². The second-order valence-electron chi connectivity index (χ2n) is 5.56. The number of aryl methyl sites for hydroxylation is 2. The highest BCUT2D eigenvalue weighted by atomic mass is 35.5. The van der Waals surface area contributed by atoms with Crippen molar-refractivity contribution in [3.63, 3.8) is 0 Å². The highest BCUT2D eigenvalue weighted by Gasteiger charge is 2.17. The average Bonchev–Trinajstić information content (AvgIpc) is 2.87. The van der Waals surface area contributed by atoms with Crippen LogP contribution in [0.15, 0.2) is 42.5 Å². The normalized spacial score (nSPS) is 12.8. The van der Waals surface area contributed by atoms with Crippen molar-refractivity contribution < 1.29 is 0 Å². The molecule has 21 heavy (non-hydrogen) atoms. The molecule has 1 atom stereocenters. The molecule has 2 aromatic carbocycles. The van der Waals surface area contributed by atoms with E-state index in [1.165, 1.54) is 22.2 Å². The van der Waals surface area contributed by atoms with Gasteiger partial charge in [0.25, 0.3) is 0 Å².